The fourth-order valence-corrected chi connectivity index (χ4v) is 2.32. The fraction of sp³-hybridized carbons (Fsp3) is 0.750. The van der Waals surface area contributed by atoms with E-state index in [2.05, 4.69) is 10.4 Å². The van der Waals surface area contributed by atoms with Crippen LogP contribution in [0.2, 0.25) is 0 Å². The summed E-state index contributed by atoms with van der Waals surface area (Å²) in [7, 11) is 1.92. The normalized spacial score (nSPS) is 26.6. The summed E-state index contributed by atoms with van der Waals surface area (Å²) in [6.45, 7) is 0.753. The Bertz CT molecular complexity index is 324. The van der Waals surface area contributed by atoms with Gasteiger partial charge in [0.15, 0.2) is 0 Å². The van der Waals surface area contributed by atoms with Gasteiger partial charge < -0.3 is 10.4 Å². The van der Waals surface area contributed by atoms with Crippen LogP contribution in [-0.4, -0.2) is 27.0 Å². The van der Waals surface area contributed by atoms with Crippen LogP contribution in [0.3, 0.4) is 0 Å². The first kappa shape index (κ1) is 11.6. The Labute approximate surface area is 96.7 Å². The zero-order valence-corrected chi connectivity index (χ0v) is 9.89. The number of hydrogen-bond donors (Lipinski definition) is 2. The van der Waals surface area contributed by atoms with E-state index in [1.807, 2.05) is 19.3 Å². The molecule has 4 nitrogen and oxygen atoms in total. The zero-order chi connectivity index (χ0) is 11.4. The largest absolute Gasteiger partial charge is 0.392 e. The fourth-order valence-electron chi connectivity index (χ4n) is 2.32. The van der Waals surface area contributed by atoms with Crippen LogP contribution < -0.4 is 5.32 Å². The topological polar surface area (TPSA) is 50.1 Å². The number of aliphatic hydroxyl groups is 1. The molecule has 0 radical (unpaired) electrons. The highest BCUT2D eigenvalue weighted by atomic mass is 16.3. The van der Waals surface area contributed by atoms with Crippen molar-refractivity contribution in [2.75, 3.05) is 0 Å². The summed E-state index contributed by atoms with van der Waals surface area (Å²) in [6.07, 6.45) is 7.39. The van der Waals surface area contributed by atoms with Crippen molar-refractivity contribution < 1.29 is 5.11 Å². The third-order valence-electron chi connectivity index (χ3n) is 3.29. The minimum absolute atomic E-state index is 0.189. The van der Waals surface area contributed by atoms with Crippen molar-refractivity contribution in [3.63, 3.8) is 0 Å². The zero-order valence-electron chi connectivity index (χ0n) is 9.89. The number of nitrogens with one attached hydrogen (secondary N) is 1. The second-order valence-corrected chi connectivity index (χ2v) is 4.67. The first-order valence-corrected chi connectivity index (χ1v) is 6.15. The number of aliphatic hydroxyl groups excluding tert-OH is 1. The van der Waals surface area contributed by atoms with Crippen LogP contribution in [0, 0.1) is 0 Å². The van der Waals surface area contributed by atoms with E-state index in [9.17, 15) is 5.11 Å². The lowest BCUT2D eigenvalue weighted by Gasteiger charge is -2.21. The van der Waals surface area contributed by atoms with Gasteiger partial charge >= 0.3 is 0 Å². The van der Waals surface area contributed by atoms with E-state index in [4.69, 9.17) is 0 Å². The van der Waals surface area contributed by atoms with Gasteiger partial charge in [-0.15, -0.1) is 0 Å². The van der Waals surface area contributed by atoms with Crippen molar-refractivity contribution in [3.05, 3.63) is 18.0 Å². The van der Waals surface area contributed by atoms with E-state index in [0.717, 1.165) is 31.5 Å². The van der Waals surface area contributed by atoms with Crippen LogP contribution in [0.5, 0.6) is 0 Å². The van der Waals surface area contributed by atoms with Gasteiger partial charge in [0.25, 0.3) is 0 Å². The van der Waals surface area contributed by atoms with Crippen LogP contribution in [0.15, 0.2) is 12.3 Å². The molecule has 0 saturated heterocycles. The van der Waals surface area contributed by atoms with Crippen molar-refractivity contribution in [1.82, 2.24) is 15.1 Å². The Hall–Kier alpha value is -0.870. The predicted molar refractivity (Wildman–Crippen MR) is 62.9 cm³/mol. The molecule has 0 aliphatic heterocycles. The van der Waals surface area contributed by atoms with E-state index < -0.39 is 0 Å². The molecule has 2 unspecified atom stereocenters. The summed E-state index contributed by atoms with van der Waals surface area (Å²) in [5, 5.41) is 17.7. The molecule has 90 valence electrons. The van der Waals surface area contributed by atoms with Crippen LogP contribution in [0.1, 0.15) is 37.8 Å². The number of rotatable bonds is 3. The van der Waals surface area contributed by atoms with Gasteiger partial charge in [-0.05, 0) is 18.9 Å². The van der Waals surface area contributed by atoms with E-state index >= 15 is 0 Å². The first-order chi connectivity index (χ1) is 7.75. The van der Waals surface area contributed by atoms with Crippen molar-refractivity contribution in [1.29, 1.82) is 0 Å². The number of aryl methyl sites for hydroxylation is 1. The molecule has 0 amide bonds. The summed E-state index contributed by atoms with van der Waals surface area (Å²) in [5.41, 5.74) is 1.04. The standard InChI is InChI=1S/C12H21N3O/c1-15-8-7-10(14-15)9-13-11-5-3-2-4-6-12(11)16/h7-8,11-13,16H,2-6,9H2,1H3. The van der Waals surface area contributed by atoms with Gasteiger partial charge in [-0.2, -0.15) is 5.10 Å². The number of aromatic nitrogens is 2. The molecule has 2 atom stereocenters. The van der Waals surface area contributed by atoms with Gasteiger partial charge in [-0.1, -0.05) is 19.3 Å². The lowest BCUT2D eigenvalue weighted by molar-refractivity contribution is 0.119. The lowest BCUT2D eigenvalue weighted by Crippen LogP contribution is -2.38. The molecule has 2 N–H and O–H groups in total. The molecular weight excluding hydrogens is 202 g/mol. The van der Waals surface area contributed by atoms with Crippen LogP contribution in [-0.2, 0) is 13.6 Å². The Morgan fingerprint density at radius 2 is 2.25 bits per heavy atom. The molecule has 0 bridgehead atoms. The maximum atomic E-state index is 9.94. The van der Waals surface area contributed by atoms with E-state index in [1.54, 1.807) is 4.68 Å². The van der Waals surface area contributed by atoms with Gasteiger partial charge in [0, 0.05) is 25.8 Å². The molecule has 2 rings (SSSR count). The van der Waals surface area contributed by atoms with E-state index in [-0.39, 0.29) is 12.1 Å². The van der Waals surface area contributed by atoms with Gasteiger partial charge in [-0.3, -0.25) is 4.68 Å². The second kappa shape index (κ2) is 5.46. The summed E-state index contributed by atoms with van der Waals surface area (Å²) in [4.78, 5) is 0. The summed E-state index contributed by atoms with van der Waals surface area (Å²) in [5.74, 6) is 0. The summed E-state index contributed by atoms with van der Waals surface area (Å²) < 4.78 is 1.81. The first-order valence-electron chi connectivity index (χ1n) is 6.15. The molecule has 4 heteroatoms. The van der Waals surface area contributed by atoms with Gasteiger partial charge in [0.05, 0.1) is 11.8 Å². The predicted octanol–water partition coefficient (Wildman–Crippen LogP) is 1.20. The third kappa shape index (κ3) is 3.06. The Kier molecular flexibility index (Phi) is 3.96. The molecule has 0 aromatic carbocycles. The summed E-state index contributed by atoms with van der Waals surface area (Å²) >= 11 is 0. The Balaban J connectivity index is 1.83. The monoisotopic (exact) mass is 223 g/mol. The van der Waals surface area contributed by atoms with Gasteiger partial charge in [0.2, 0.25) is 0 Å². The molecule has 1 aromatic rings. The van der Waals surface area contributed by atoms with Crippen LogP contribution in [0.4, 0.5) is 0 Å². The second-order valence-electron chi connectivity index (χ2n) is 4.67. The molecule has 16 heavy (non-hydrogen) atoms. The quantitative estimate of drug-likeness (QED) is 0.757. The Morgan fingerprint density at radius 1 is 1.44 bits per heavy atom. The van der Waals surface area contributed by atoms with Crippen LogP contribution >= 0.6 is 0 Å². The highest BCUT2D eigenvalue weighted by Crippen LogP contribution is 2.18. The van der Waals surface area contributed by atoms with Gasteiger partial charge in [-0.25, -0.2) is 0 Å². The molecule has 1 fully saturated rings. The highest BCUT2D eigenvalue weighted by Gasteiger charge is 2.20. The molecule has 1 heterocycles. The maximum absolute atomic E-state index is 9.94. The third-order valence-corrected chi connectivity index (χ3v) is 3.29. The Morgan fingerprint density at radius 3 is 3.00 bits per heavy atom. The van der Waals surface area contributed by atoms with Crippen LogP contribution in [0.25, 0.3) is 0 Å². The molecule has 1 aliphatic rings. The van der Waals surface area contributed by atoms with Crippen molar-refractivity contribution in [2.24, 2.45) is 7.05 Å². The van der Waals surface area contributed by atoms with Gasteiger partial charge in [0.1, 0.15) is 0 Å². The highest BCUT2D eigenvalue weighted by molar-refractivity contribution is 4.98. The lowest BCUT2D eigenvalue weighted by atomic mass is 10.1. The molecule has 1 saturated carbocycles. The van der Waals surface area contributed by atoms with Crippen molar-refractivity contribution in [3.8, 4) is 0 Å². The number of hydrogen-bond acceptors (Lipinski definition) is 3. The minimum Gasteiger partial charge on any atom is -0.392 e. The van der Waals surface area contributed by atoms with Crippen molar-refractivity contribution in [2.45, 2.75) is 50.8 Å². The molecular formula is C12H21N3O. The smallest absolute Gasteiger partial charge is 0.0762 e. The minimum atomic E-state index is -0.189. The molecule has 0 spiro atoms. The summed E-state index contributed by atoms with van der Waals surface area (Å²) in [6, 6.07) is 2.25. The van der Waals surface area contributed by atoms with E-state index in [0.29, 0.717) is 0 Å². The average molecular weight is 223 g/mol. The van der Waals surface area contributed by atoms with E-state index in [1.165, 1.54) is 12.8 Å². The van der Waals surface area contributed by atoms with Crippen molar-refractivity contribution >= 4 is 0 Å². The number of nitrogens with zero attached hydrogens (tertiary/aromatic N) is 2. The molecule has 1 aliphatic carbocycles. The maximum Gasteiger partial charge on any atom is 0.0762 e. The average Bonchev–Trinajstić information content (AvgIpc) is 2.56. The molecule has 1 aromatic heterocycles. The SMILES string of the molecule is Cn1ccc(CNC2CCCCCC2O)n1.